The molecule has 0 bridgehead atoms. The Labute approximate surface area is 136 Å². The quantitative estimate of drug-likeness (QED) is 0.724. The summed E-state index contributed by atoms with van der Waals surface area (Å²) in [6.45, 7) is 0.845. The summed E-state index contributed by atoms with van der Waals surface area (Å²) in [5.74, 6) is 0. The van der Waals surface area contributed by atoms with Crippen LogP contribution in [-0.4, -0.2) is 4.90 Å². The van der Waals surface area contributed by atoms with Crippen LogP contribution in [0.1, 0.15) is 17.3 Å². The van der Waals surface area contributed by atoms with Gasteiger partial charge in [0, 0.05) is 18.0 Å². The summed E-state index contributed by atoms with van der Waals surface area (Å²) in [7, 11) is 0. The Hall–Kier alpha value is -2.87. The highest BCUT2D eigenvalue weighted by Gasteiger charge is 2.19. The average molecular weight is 298 g/mol. The lowest BCUT2D eigenvalue weighted by Gasteiger charge is -2.30. The fraction of sp³-hybridized carbons (Fsp3) is 0.0952. The van der Waals surface area contributed by atoms with Crippen molar-refractivity contribution < 1.29 is 0 Å². The van der Waals surface area contributed by atoms with Gasteiger partial charge in [-0.25, -0.2) is 0 Å². The van der Waals surface area contributed by atoms with E-state index in [-0.39, 0.29) is 6.17 Å². The van der Waals surface area contributed by atoms with Crippen molar-refractivity contribution in [1.29, 1.82) is 0 Å². The molecule has 2 nitrogen and oxygen atoms in total. The molecule has 1 aliphatic rings. The van der Waals surface area contributed by atoms with Gasteiger partial charge in [0.15, 0.2) is 0 Å². The first-order valence-electron chi connectivity index (χ1n) is 7.89. The van der Waals surface area contributed by atoms with E-state index < -0.39 is 0 Å². The molecule has 1 unspecified atom stereocenters. The van der Waals surface area contributed by atoms with Crippen LogP contribution >= 0.6 is 0 Å². The van der Waals surface area contributed by atoms with Gasteiger partial charge in [0.2, 0.25) is 0 Å². The molecule has 2 heteroatoms. The zero-order valence-corrected chi connectivity index (χ0v) is 12.8. The Balaban J connectivity index is 1.79. The van der Waals surface area contributed by atoms with E-state index in [1.54, 1.807) is 0 Å². The van der Waals surface area contributed by atoms with Gasteiger partial charge in [0.1, 0.15) is 6.17 Å². The van der Waals surface area contributed by atoms with E-state index in [1.807, 2.05) is 12.1 Å². The van der Waals surface area contributed by atoms with Crippen LogP contribution in [0, 0.1) is 0 Å². The molecule has 0 fully saturated rings. The van der Waals surface area contributed by atoms with Crippen molar-refractivity contribution in [2.75, 3.05) is 0 Å². The number of rotatable bonds is 3. The van der Waals surface area contributed by atoms with Crippen LogP contribution < -0.4 is 10.6 Å². The first kappa shape index (κ1) is 13.8. The third kappa shape index (κ3) is 2.88. The van der Waals surface area contributed by atoms with Crippen molar-refractivity contribution in [3.8, 4) is 0 Å². The summed E-state index contributed by atoms with van der Waals surface area (Å²) in [6, 6.07) is 29.4. The average Bonchev–Trinajstić information content (AvgIpc) is 2.63. The van der Waals surface area contributed by atoms with Crippen molar-refractivity contribution >= 4 is 6.20 Å². The summed E-state index contributed by atoms with van der Waals surface area (Å²) >= 11 is 0. The van der Waals surface area contributed by atoms with Crippen molar-refractivity contribution in [3.63, 3.8) is 0 Å². The molecular formula is C21H18N2. The van der Waals surface area contributed by atoms with E-state index in [0.717, 1.165) is 11.9 Å². The maximum absolute atomic E-state index is 4.99. The third-order valence-electron chi connectivity index (χ3n) is 4.12. The van der Waals surface area contributed by atoms with E-state index >= 15 is 0 Å². The zero-order valence-electron chi connectivity index (χ0n) is 12.8. The minimum absolute atomic E-state index is 0.0197. The molecule has 23 heavy (non-hydrogen) atoms. The molecule has 0 N–H and O–H groups in total. The van der Waals surface area contributed by atoms with Gasteiger partial charge in [0.05, 0.1) is 5.36 Å². The Morgan fingerprint density at radius 1 is 0.739 bits per heavy atom. The standard InChI is InChI=1S/C21H18N2/c1-3-9-17(10-4-1)15-23-16-19-13-7-8-14-20(19)22-21(23)18-11-5-2-6-12-18/h1-14,16,21H,15H2. The molecule has 4 rings (SSSR count). The molecule has 0 aromatic heterocycles. The van der Waals surface area contributed by atoms with Gasteiger partial charge in [0.25, 0.3) is 0 Å². The van der Waals surface area contributed by atoms with Crippen LogP contribution in [0.5, 0.6) is 0 Å². The Kier molecular flexibility index (Phi) is 3.65. The largest absolute Gasteiger partial charge is 0.347 e. The summed E-state index contributed by atoms with van der Waals surface area (Å²) in [5, 5.41) is 2.24. The Morgan fingerprint density at radius 2 is 1.39 bits per heavy atom. The molecule has 0 saturated heterocycles. The van der Waals surface area contributed by atoms with Crippen LogP contribution in [-0.2, 0) is 6.54 Å². The minimum Gasteiger partial charge on any atom is -0.347 e. The molecule has 0 amide bonds. The molecule has 1 atom stereocenters. The molecule has 1 aliphatic heterocycles. The zero-order chi connectivity index (χ0) is 15.5. The lowest BCUT2D eigenvalue weighted by atomic mass is 10.1. The second-order valence-electron chi connectivity index (χ2n) is 5.76. The molecule has 0 aliphatic carbocycles. The number of hydrogen-bond donors (Lipinski definition) is 0. The van der Waals surface area contributed by atoms with Crippen LogP contribution in [0.3, 0.4) is 0 Å². The number of fused-ring (bicyclic) bond motifs is 1. The summed E-state index contributed by atoms with van der Waals surface area (Å²) in [6.07, 6.45) is 2.25. The molecule has 112 valence electrons. The predicted molar refractivity (Wildman–Crippen MR) is 92.9 cm³/mol. The maximum Gasteiger partial charge on any atom is 0.147 e. The highest BCUT2D eigenvalue weighted by Crippen LogP contribution is 2.25. The Morgan fingerprint density at radius 3 is 2.17 bits per heavy atom. The van der Waals surface area contributed by atoms with Crippen LogP contribution in [0.25, 0.3) is 6.20 Å². The number of para-hydroxylation sites is 1. The lowest BCUT2D eigenvalue weighted by molar-refractivity contribution is 0.299. The normalized spacial score (nSPS) is 16.2. The molecule has 0 spiro atoms. The van der Waals surface area contributed by atoms with Gasteiger partial charge in [-0.05, 0) is 17.2 Å². The number of benzene rings is 3. The summed E-state index contributed by atoms with van der Waals surface area (Å²) in [5.41, 5.74) is 2.51. The molecule has 1 heterocycles. The molecule has 0 radical (unpaired) electrons. The summed E-state index contributed by atoms with van der Waals surface area (Å²) < 4.78 is 0. The second-order valence-corrected chi connectivity index (χ2v) is 5.76. The number of nitrogens with zero attached hydrogens (tertiary/aromatic N) is 2. The monoisotopic (exact) mass is 298 g/mol. The van der Waals surface area contributed by atoms with Crippen molar-refractivity contribution in [3.05, 3.63) is 107 Å². The van der Waals surface area contributed by atoms with Crippen molar-refractivity contribution in [2.45, 2.75) is 12.7 Å². The topological polar surface area (TPSA) is 15.6 Å². The first-order chi connectivity index (χ1) is 11.4. The van der Waals surface area contributed by atoms with Crippen LogP contribution in [0.4, 0.5) is 0 Å². The number of hydrogen-bond acceptors (Lipinski definition) is 2. The molecule has 0 saturated carbocycles. The highest BCUT2D eigenvalue weighted by molar-refractivity contribution is 5.31. The SMILES string of the molecule is C1=c2ccccc2=NC(c2ccccc2)N1Cc1ccccc1. The van der Waals surface area contributed by atoms with Gasteiger partial charge in [-0.1, -0.05) is 78.9 Å². The van der Waals surface area contributed by atoms with Crippen molar-refractivity contribution in [1.82, 2.24) is 4.90 Å². The minimum atomic E-state index is 0.0197. The molecular weight excluding hydrogens is 280 g/mol. The lowest BCUT2D eigenvalue weighted by Crippen LogP contribution is -2.37. The van der Waals surface area contributed by atoms with Gasteiger partial charge >= 0.3 is 0 Å². The van der Waals surface area contributed by atoms with Crippen molar-refractivity contribution in [2.24, 2.45) is 4.99 Å². The van der Waals surface area contributed by atoms with E-state index in [2.05, 4.69) is 83.9 Å². The van der Waals surface area contributed by atoms with Gasteiger partial charge in [-0.2, -0.15) is 0 Å². The van der Waals surface area contributed by atoms with Gasteiger partial charge in [-0.15, -0.1) is 0 Å². The van der Waals surface area contributed by atoms with Crippen LogP contribution in [0.15, 0.2) is 89.9 Å². The van der Waals surface area contributed by atoms with E-state index in [4.69, 9.17) is 4.99 Å². The van der Waals surface area contributed by atoms with E-state index in [1.165, 1.54) is 16.3 Å². The first-order valence-corrected chi connectivity index (χ1v) is 7.89. The fourth-order valence-electron chi connectivity index (χ4n) is 2.99. The maximum atomic E-state index is 4.99. The molecule has 3 aromatic carbocycles. The second kappa shape index (κ2) is 6.09. The fourth-order valence-corrected chi connectivity index (χ4v) is 2.99. The predicted octanol–water partition coefficient (Wildman–Crippen LogP) is 3.26. The third-order valence-corrected chi connectivity index (χ3v) is 4.12. The van der Waals surface area contributed by atoms with Crippen LogP contribution in [0.2, 0.25) is 0 Å². The molecule has 3 aromatic rings. The van der Waals surface area contributed by atoms with Gasteiger partial charge < -0.3 is 4.90 Å². The van der Waals surface area contributed by atoms with E-state index in [0.29, 0.717) is 0 Å². The Bertz CT molecular complexity index is 901. The highest BCUT2D eigenvalue weighted by atomic mass is 15.2. The smallest absolute Gasteiger partial charge is 0.147 e. The van der Waals surface area contributed by atoms with Gasteiger partial charge in [-0.3, -0.25) is 4.99 Å². The van der Waals surface area contributed by atoms with E-state index in [9.17, 15) is 0 Å². The summed E-state index contributed by atoms with van der Waals surface area (Å²) in [4.78, 5) is 7.30.